The van der Waals surface area contributed by atoms with Crippen LogP contribution in [0.5, 0.6) is 0 Å². The van der Waals surface area contributed by atoms with Crippen LogP contribution in [0.4, 0.5) is 4.79 Å². The second kappa shape index (κ2) is 7.14. The first-order valence-corrected chi connectivity index (χ1v) is 13.9. The Balaban J connectivity index is 2.34. The Morgan fingerprint density at radius 3 is 0.857 bits per heavy atom. The molecule has 0 amide bonds. The van der Waals surface area contributed by atoms with Crippen molar-refractivity contribution in [1.29, 1.82) is 0 Å². The molecule has 4 aromatic carbocycles. The summed E-state index contributed by atoms with van der Waals surface area (Å²) in [6.45, 7) is 0. The molecular formula is C25H21AsO2. The van der Waals surface area contributed by atoms with E-state index in [2.05, 4.69) is 0 Å². The Kier molecular flexibility index (Phi) is 4.66. The molecule has 28 heavy (non-hydrogen) atoms. The molecule has 0 aromatic heterocycles. The summed E-state index contributed by atoms with van der Waals surface area (Å²) >= 11 is -4.82. The number of carboxylic acid groups (broad SMARTS) is 1. The molecule has 4 rings (SSSR count). The van der Waals surface area contributed by atoms with Crippen LogP contribution in [0.3, 0.4) is 0 Å². The molecule has 0 spiro atoms. The summed E-state index contributed by atoms with van der Waals surface area (Å²) in [4.78, 5) is 13.6. The first-order valence-electron chi connectivity index (χ1n) is 9.19. The van der Waals surface area contributed by atoms with Crippen LogP contribution < -0.4 is 17.4 Å². The molecule has 0 fully saturated rings. The van der Waals surface area contributed by atoms with Gasteiger partial charge in [-0.25, -0.2) is 0 Å². The van der Waals surface area contributed by atoms with Gasteiger partial charge in [-0.15, -0.1) is 0 Å². The Hall–Kier alpha value is -3.09. The second-order valence-corrected chi connectivity index (χ2v) is 16.6. The fourth-order valence-corrected chi connectivity index (χ4v) is 16.3. The number of carbonyl (C=O) groups is 1. The van der Waals surface area contributed by atoms with E-state index in [0.29, 0.717) is 0 Å². The fraction of sp³-hybridized carbons (Fsp3) is 0. The molecule has 0 saturated carbocycles. The molecule has 3 heteroatoms. The maximum absolute atomic E-state index is 13.6. The normalized spacial score (nSPS) is 12.6. The van der Waals surface area contributed by atoms with Gasteiger partial charge in [-0.3, -0.25) is 0 Å². The van der Waals surface area contributed by atoms with Crippen LogP contribution in [0, 0.1) is 0 Å². The Morgan fingerprint density at radius 1 is 0.464 bits per heavy atom. The summed E-state index contributed by atoms with van der Waals surface area (Å²) in [7, 11) is 0. The van der Waals surface area contributed by atoms with E-state index < -0.39 is 17.2 Å². The zero-order valence-electron chi connectivity index (χ0n) is 15.3. The molecule has 2 nitrogen and oxygen atoms in total. The van der Waals surface area contributed by atoms with Crippen LogP contribution in [0.1, 0.15) is 0 Å². The Bertz CT molecular complexity index is 909. The topological polar surface area (TPSA) is 37.3 Å². The molecule has 0 radical (unpaired) electrons. The monoisotopic (exact) mass is 428 g/mol. The molecule has 138 valence electrons. The number of rotatable bonds is 5. The summed E-state index contributed by atoms with van der Waals surface area (Å²) in [6, 6.07) is 39.1. The minimum atomic E-state index is -4.82. The van der Waals surface area contributed by atoms with Gasteiger partial charge in [0.1, 0.15) is 0 Å². The molecule has 0 unspecified atom stereocenters. The van der Waals surface area contributed by atoms with Crippen LogP contribution in [-0.2, 0) is 0 Å². The van der Waals surface area contributed by atoms with Gasteiger partial charge in [0, 0.05) is 0 Å². The van der Waals surface area contributed by atoms with Crippen molar-refractivity contribution in [2.75, 3.05) is 0 Å². The summed E-state index contributed by atoms with van der Waals surface area (Å²) in [6.07, 6.45) is 0. The Morgan fingerprint density at radius 2 is 0.679 bits per heavy atom. The molecule has 1 N–H and O–H groups in total. The zero-order valence-corrected chi connectivity index (χ0v) is 17.2. The Labute approximate surface area is 165 Å². The van der Waals surface area contributed by atoms with Crippen molar-refractivity contribution in [1.82, 2.24) is 0 Å². The van der Waals surface area contributed by atoms with Crippen LogP contribution in [-0.4, -0.2) is 22.3 Å². The van der Waals surface area contributed by atoms with E-state index in [1.54, 1.807) is 0 Å². The third-order valence-corrected chi connectivity index (χ3v) is 18.2. The van der Waals surface area contributed by atoms with Gasteiger partial charge in [0.05, 0.1) is 0 Å². The van der Waals surface area contributed by atoms with Crippen LogP contribution in [0.2, 0.25) is 0 Å². The first kappa shape index (κ1) is 18.3. The molecule has 0 aliphatic carbocycles. The molecule has 4 aromatic rings. The van der Waals surface area contributed by atoms with Gasteiger partial charge >= 0.3 is 166 Å². The van der Waals surface area contributed by atoms with Crippen molar-refractivity contribution in [2.24, 2.45) is 0 Å². The zero-order chi connectivity index (χ0) is 19.5. The number of hydrogen-bond donors (Lipinski definition) is 1. The predicted octanol–water partition coefficient (Wildman–Crippen LogP) is 3.28. The summed E-state index contributed by atoms with van der Waals surface area (Å²) in [5.41, 5.74) is 0. The van der Waals surface area contributed by atoms with E-state index in [9.17, 15) is 9.90 Å². The van der Waals surface area contributed by atoms with Crippen molar-refractivity contribution < 1.29 is 9.90 Å². The van der Waals surface area contributed by atoms with Gasteiger partial charge in [0.15, 0.2) is 0 Å². The van der Waals surface area contributed by atoms with Crippen LogP contribution >= 0.6 is 0 Å². The minimum absolute atomic E-state index is 0.756. The third-order valence-electron chi connectivity index (χ3n) is 5.47. The summed E-state index contributed by atoms with van der Waals surface area (Å²) < 4.78 is 2.73. The van der Waals surface area contributed by atoms with Crippen molar-refractivity contribution in [3.63, 3.8) is 0 Å². The van der Waals surface area contributed by atoms with Gasteiger partial charge in [0.25, 0.3) is 0 Å². The van der Waals surface area contributed by atoms with Gasteiger partial charge in [-0.1, -0.05) is 0 Å². The van der Waals surface area contributed by atoms with Crippen molar-refractivity contribution in [3.05, 3.63) is 121 Å². The van der Waals surface area contributed by atoms with E-state index in [-0.39, 0.29) is 0 Å². The average Bonchev–Trinajstić information content (AvgIpc) is 2.78. The SMILES string of the molecule is O=C(O)[As](c1ccccc1)(c1ccccc1)(c1ccccc1)c1ccccc1. The molecular weight excluding hydrogens is 407 g/mol. The number of hydrogen-bond acceptors (Lipinski definition) is 1. The van der Waals surface area contributed by atoms with E-state index >= 15 is 0 Å². The first-order chi connectivity index (χ1) is 13.7. The fourth-order valence-electron chi connectivity index (χ4n) is 4.24. The molecule has 0 heterocycles. The molecule has 0 saturated heterocycles. The average molecular weight is 428 g/mol. The van der Waals surface area contributed by atoms with Gasteiger partial charge in [-0.2, -0.15) is 0 Å². The number of benzene rings is 4. The van der Waals surface area contributed by atoms with Crippen molar-refractivity contribution in [3.8, 4) is 0 Å². The second-order valence-electron chi connectivity index (χ2n) is 6.74. The maximum atomic E-state index is 13.6. The van der Waals surface area contributed by atoms with Crippen molar-refractivity contribution >= 4 is 34.6 Å². The molecule has 0 atom stereocenters. The van der Waals surface area contributed by atoms with E-state index in [0.717, 1.165) is 17.4 Å². The standard InChI is InChI=1S/C25H21AsO2/c27-25(28)26(21-13-5-1-6-14-21,22-15-7-2-8-16-22,23-17-9-3-10-18-23)24-19-11-4-12-20-24/h1-20H,(H,27,28). The van der Waals surface area contributed by atoms with Gasteiger partial charge in [-0.05, 0) is 0 Å². The molecule has 0 bridgehead atoms. The van der Waals surface area contributed by atoms with Crippen LogP contribution in [0.15, 0.2) is 121 Å². The summed E-state index contributed by atoms with van der Waals surface area (Å²) in [5, 5.41) is 11.2. The molecule has 0 aliphatic rings. The summed E-state index contributed by atoms with van der Waals surface area (Å²) in [5.74, 6) is 0. The van der Waals surface area contributed by atoms with E-state index in [1.807, 2.05) is 121 Å². The van der Waals surface area contributed by atoms with Gasteiger partial charge < -0.3 is 0 Å². The van der Waals surface area contributed by atoms with Crippen molar-refractivity contribution in [2.45, 2.75) is 0 Å². The van der Waals surface area contributed by atoms with Crippen LogP contribution in [0.25, 0.3) is 0 Å². The molecule has 0 aliphatic heterocycles. The quantitative estimate of drug-likeness (QED) is 0.496. The van der Waals surface area contributed by atoms with E-state index in [4.69, 9.17) is 0 Å². The predicted molar refractivity (Wildman–Crippen MR) is 118 cm³/mol. The third kappa shape index (κ3) is 2.32. The van der Waals surface area contributed by atoms with E-state index in [1.165, 1.54) is 0 Å². The van der Waals surface area contributed by atoms with Gasteiger partial charge in [0.2, 0.25) is 0 Å².